The van der Waals surface area contributed by atoms with E-state index in [-0.39, 0.29) is 11.9 Å². The third-order valence-electron chi connectivity index (χ3n) is 3.23. The van der Waals surface area contributed by atoms with Gasteiger partial charge in [-0.3, -0.25) is 9.78 Å². The maximum absolute atomic E-state index is 11.9. The van der Waals surface area contributed by atoms with E-state index in [2.05, 4.69) is 38.4 Å². The van der Waals surface area contributed by atoms with Gasteiger partial charge < -0.3 is 5.32 Å². The zero-order chi connectivity index (χ0) is 15.1. The summed E-state index contributed by atoms with van der Waals surface area (Å²) in [5.74, 6) is 0.0865. The molecule has 1 aromatic heterocycles. The van der Waals surface area contributed by atoms with E-state index in [0.717, 1.165) is 22.9 Å². The highest BCUT2D eigenvalue weighted by molar-refractivity contribution is 9.10. The zero-order valence-corrected chi connectivity index (χ0v) is 13.6. The van der Waals surface area contributed by atoms with Gasteiger partial charge in [0.05, 0.1) is 0 Å². The number of nitrogens with one attached hydrogen (secondary N) is 1. The van der Waals surface area contributed by atoms with Crippen LogP contribution in [0.25, 0.3) is 0 Å². The Morgan fingerprint density at radius 2 is 2.00 bits per heavy atom. The summed E-state index contributed by atoms with van der Waals surface area (Å²) in [5.41, 5.74) is 2.31. The molecule has 0 bridgehead atoms. The van der Waals surface area contributed by atoms with Crippen molar-refractivity contribution in [2.75, 3.05) is 0 Å². The van der Waals surface area contributed by atoms with Gasteiger partial charge in [-0.05, 0) is 49.1 Å². The number of benzene rings is 1. The third-order valence-corrected chi connectivity index (χ3v) is 3.75. The van der Waals surface area contributed by atoms with E-state index in [1.54, 1.807) is 12.4 Å². The number of rotatable bonds is 6. The predicted molar refractivity (Wildman–Crippen MR) is 88.0 cm³/mol. The number of aryl methyl sites for hydroxylation is 1. The van der Waals surface area contributed by atoms with Crippen molar-refractivity contribution in [1.82, 2.24) is 10.3 Å². The summed E-state index contributed by atoms with van der Waals surface area (Å²) in [6, 6.07) is 12.2. The van der Waals surface area contributed by atoms with Crippen molar-refractivity contribution in [1.29, 1.82) is 0 Å². The largest absolute Gasteiger partial charge is 0.353 e. The molecule has 1 N–H and O–H groups in total. The summed E-state index contributed by atoms with van der Waals surface area (Å²) in [6.07, 6.45) is 5.61. The molecule has 21 heavy (non-hydrogen) atoms. The van der Waals surface area contributed by atoms with E-state index in [1.165, 1.54) is 5.56 Å². The molecule has 0 aliphatic carbocycles. The van der Waals surface area contributed by atoms with E-state index >= 15 is 0 Å². The van der Waals surface area contributed by atoms with E-state index in [1.807, 2.05) is 31.2 Å². The Morgan fingerprint density at radius 1 is 1.24 bits per heavy atom. The summed E-state index contributed by atoms with van der Waals surface area (Å²) in [5, 5.41) is 3.04. The van der Waals surface area contributed by atoms with Crippen LogP contribution in [0.3, 0.4) is 0 Å². The van der Waals surface area contributed by atoms with E-state index in [4.69, 9.17) is 0 Å². The quantitative estimate of drug-likeness (QED) is 0.869. The number of nitrogens with zero attached hydrogens (tertiary/aromatic N) is 1. The number of carbonyl (C=O) groups is 1. The van der Waals surface area contributed by atoms with Gasteiger partial charge in [-0.15, -0.1) is 0 Å². The van der Waals surface area contributed by atoms with Gasteiger partial charge in [0.1, 0.15) is 0 Å². The van der Waals surface area contributed by atoms with Crippen LogP contribution in [-0.2, 0) is 17.6 Å². The lowest BCUT2D eigenvalue weighted by atomic mass is 10.1. The minimum atomic E-state index is 0.0865. The van der Waals surface area contributed by atoms with Crippen LogP contribution in [0.15, 0.2) is 53.3 Å². The molecular weight excluding hydrogens is 328 g/mol. The zero-order valence-electron chi connectivity index (χ0n) is 12.1. The van der Waals surface area contributed by atoms with Gasteiger partial charge in [0, 0.05) is 29.3 Å². The minimum Gasteiger partial charge on any atom is -0.353 e. The fourth-order valence-electron chi connectivity index (χ4n) is 2.18. The summed E-state index contributed by atoms with van der Waals surface area (Å²) in [7, 11) is 0. The third kappa shape index (κ3) is 5.68. The SMILES string of the molecule is CC(Cc1ccc(Br)cc1)NC(=O)CCc1cccnc1. The smallest absolute Gasteiger partial charge is 0.220 e. The first-order valence-electron chi connectivity index (χ1n) is 7.06. The van der Waals surface area contributed by atoms with E-state index in [0.29, 0.717) is 6.42 Å². The second-order valence-electron chi connectivity index (χ2n) is 5.16. The van der Waals surface area contributed by atoms with Gasteiger partial charge >= 0.3 is 0 Å². The number of aromatic nitrogens is 1. The van der Waals surface area contributed by atoms with Crippen LogP contribution in [0.4, 0.5) is 0 Å². The average Bonchev–Trinajstić information content (AvgIpc) is 2.48. The molecule has 110 valence electrons. The molecule has 2 aromatic rings. The molecule has 0 saturated heterocycles. The van der Waals surface area contributed by atoms with Crippen molar-refractivity contribution >= 4 is 21.8 Å². The first kappa shape index (κ1) is 15.7. The molecule has 4 heteroatoms. The van der Waals surface area contributed by atoms with Crippen LogP contribution in [0, 0.1) is 0 Å². The standard InChI is InChI=1S/C17H19BrN2O/c1-13(11-14-4-7-16(18)8-5-14)20-17(21)9-6-15-3-2-10-19-12-15/h2-5,7-8,10,12-13H,6,9,11H2,1H3,(H,20,21). The van der Waals surface area contributed by atoms with Gasteiger partial charge in [-0.1, -0.05) is 34.1 Å². The lowest BCUT2D eigenvalue weighted by molar-refractivity contribution is -0.121. The van der Waals surface area contributed by atoms with Gasteiger partial charge in [0.25, 0.3) is 0 Å². The number of carbonyl (C=O) groups excluding carboxylic acids is 1. The van der Waals surface area contributed by atoms with E-state index in [9.17, 15) is 4.79 Å². The van der Waals surface area contributed by atoms with Crippen molar-refractivity contribution in [3.8, 4) is 0 Å². The van der Waals surface area contributed by atoms with Crippen molar-refractivity contribution in [3.05, 3.63) is 64.4 Å². The lowest BCUT2D eigenvalue weighted by Crippen LogP contribution is -2.34. The van der Waals surface area contributed by atoms with Gasteiger partial charge in [-0.25, -0.2) is 0 Å². The van der Waals surface area contributed by atoms with Gasteiger partial charge in [0.2, 0.25) is 5.91 Å². The van der Waals surface area contributed by atoms with Crippen LogP contribution in [0.5, 0.6) is 0 Å². The molecule has 0 aliphatic heterocycles. The van der Waals surface area contributed by atoms with Crippen molar-refractivity contribution in [2.24, 2.45) is 0 Å². The molecule has 0 aliphatic rings. The van der Waals surface area contributed by atoms with Gasteiger partial charge in [0.15, 0.2) is 0 Å². The fraction of sp³-hybridized carbons (Fsp3) is 0.294. The maximum atomic E-state index is 11.9. The monoisotopic (exact) mass is 346 g/mol. The molecule has 1 atom stereocenters. The molecule has 0 saturated carbocycles. The van der Waals surface area contributed by atoms with Crippen LogP contribution in [-0.4, -0.2) is 16.9 Å². The number of amides is 1. The normalized spacial score (nSPS) is 11.9. The van der Waals surface area contributed by atoms with E-state index < -0.39 is 0 Å². The first-order chi connectivity index (χ1) is 10.1. The van der Waals surface area contributed by atoms with Crippen LogP contribution < -0.4 is 5.32 Å². The number of pyridine rings is 1. The van der Waals surface area contributed by atoms with Crippen LogP contribution in [0.2, 0.25) is 0 Å². The summed E-state index contributed by atoms with van der Waals surface area (Å²) < 4.78 is 1.07. The molecule has 0 fully saturated rings. The fourth-order valence-corrected chi connectivity index (χ4v) is 2.44. The Hall–Kier alpha value is -1.68. The second-order valence-corrected chi connectivity index (χ2v) is 6.08. The Kier molecular flexibility index (Phi) is 5.93. The Balaban J connectivity index is 1.75. The molecule has 1 heterocycles. The number of halogens is 1. The van der Waals surface area contributed by atoms with Crippen molar-refractivity contribution in [2.45, 2.75) is 32.2 Å². The second kappa shape index (κ2) is 7.93. The Bertz CT molecular complexity index is 569. The van der Waals surface area contributed by atoms with Gasteiger partial charge in [-0.2, -0.15) is 0 Å². The first-order valence-corrected chi connectivity index (χ1v) is 7.85. The average molecular weight is 347 g/mol. The molecule has 1 aromatic carbocycles. The summed E-state index contributed by atoms with van der Waals surface area (Å²) in [6.45, 7) is 2.03. The molecule has 0 spiro atoms. The maximum Gasteiger partial charge on any atom is 0.220 e. The highest BCUT2D eigenvalue weighted by Crippen LogP contribution is 2.12. The minimum absolute atomic E-state index is 0.0865. The molecule has 2 rings (SSSR count). The van der Waals surface area contributed by atoms with Crippen LogP contribution >= 0.6 is 15.9 Å². The lowest BCUT2D eigenvalue weighted by Gasteiger charge is -2.14. The van der Waals surface area contributed by atoms with Crippen molar-refractivity contribution in [3.63, 3.8) is 0 Å². The molecular formula is C17H19BrN2O. The molecule has 1 unspecified atom stereocenters. The molecule has 0 radical (unpaired) electrons. The highest BCUT2D eigenvalue weighted by Gasteiger charge is 2.08. The summed E-state index contributed by atoms with van der Waals surface area (Å²) >= 11 is 3.42. The van der Waals surface area contributed by atoms with Crippen LogP contribution in [0.1, 0.15) is 24.5 Å². The summed E-state index contributed by atoms with van der Waals surface area (Å²) in [4.78, 5) is 16.0. The predicted octanol–water partition coefficient (Wildman–Crippen LogP) is 3.52. The van der Waals surface area contributed by atoms with Crippen molar-refractivity contribution < 1.29 is 4.79 Å². The number of hydrogen-bond donors (Lipinski definition) is 1. The number of hydrogen-bond acceptors (Lipinski definition) is 2. The topological polar surface area (TPSA) is 42.0 Å². The molecule has 1 amide bonds. The molecule has 3 nitrogen and oxygen atoms in total. The Labute approximate surface area is 133 Å². The highest BCUT2D eigenvalue weighted by atomic mass is 79.9. The Morgan fingerprint density at radius 3 is 2.67 bits per heavy atom.